The van der Waals surface area contributed by atoms with Gasteiger partial charge in [-0.15, -0.1) is 0 Å². The summed E-state index contributed by atoms with van der Waals surface area (Å²) in [6.45, 7) is 3.76. The maximum atomic E-state index is 9.63. The third-order valence-electron chi connectivity index (χ3n) is 3.23. The maximum absolute atomic E-state index is 9.63. The molecule has 0 aliphatic heterocycles. The standard InChI is InChI=1S/C12H25NO3/c1-2-15-8-11(14)9-16-12(10-13)6-4-3-5-7-12/h11,14H,2-10,13H2,1H3. The van der Waals surface area contributed by atoms with Crippen molar-refractivity contribution in [2.45, 2.75) is 50.7 Å². The topological polar surface area (TPSA) is 64.7 Å². The van der Waals surface area contributed by atoms with Crippen LogP contribution in [0.1, 0.15) is 39.0 Å². The van der Waals surface area contributed by atoms with Crippen molar-refractivity contribution in [3.05, 3.63) is 0 Å². The predicted octanol–water partition coefficient (Wildman–Crippen LogP) is 1.06. The first-order valence-electron chi connectivity index (χ1n) is 6.32. The number of hydrogen-bond donors (Lipinski definition) is 2. The van der Waals surface area contributed by atoms with E-state index < -0.39 is 6.10 Å². The van der Waals surface area contributed by atoms with Crippen molar-refractivity contribution in [1.29, 1.82) is 0 Å². The molecular weight excluding hydrogens is 206 g/mol. The number of nitrogens with two attached hydrogens (primary N) is 1. The summed E-state index contributed by atoms with van der Waals surface area (Å²) in [4.78, 5) is 0. The van der Waals surface area contributed by atoms with Crippen LogP contribution in [0.2, 0.25) is 0 Å². The van der Waals surface area contributed by atoms with Crippen LogP contribution in [-0.4, -0.2) is 43.2 Å². The second kappa shape index (κ2) is 7.22. The Hall–Kier alpha value is -0.160. The molecule has 0 amide bonds. The predicted molar refractivity (Wildman–Crippen MR) is 63.3 cm³/mol. The first-order valence-corrected chi connectivity index (χ1v) is 6.32. The molecule has 0 bridgehead atoms. The minimum atomic E-state index is -0.537. The van der Waals surface area contributed by atoms with Gasteiger partial charge < -0.3 is 20.3 Å². The Kier molecular flexibility index (Phi) is 6.28. The van der Waals surface area contributed by atoms with Crippen LogP contribution < -0.4 is 5.73 Å². The first kappa shape index (κ1) is 13.9. The molecule has 0 spiro atoms. The van der Waals surface area contributed by atoms with Gasteiger partial charge in [0.25, 0.3) is 0 Å². The molecule has 3 N–H and O–H groups in total. The third-order valence-corrected chi connectivity index (χ3v) is 3.23. The maximum Gasteiger partial charge on any atom is 0.101 e. The summed E-state index contributed by atoms with van der Waals surface area (Å²) in [5, 5.41) is 9.63. The SMILES string of the molecule is CCOCC(O)COC1(CN)CCCCC1. The third kappa shape index (κ3) is 4.37. The van der Waals surface area contributed by atoms with E-state index in [1.165, 1.54) is 19.3 Å². The lowest BCUT2D eigenvalue weighted by Gasteiger charge is -2.36. The van der Waals surface area contributed by atoms with E-state index in [2.05, 4.69) is 0 Å². The van der Waals surface area contributed by atoms with Crippen molar-refractivity contribution in [3.8, 4) is 0 Å². The quantitative estimate of drug-likeness (QED) is 0.687. The number of hydrogen-bond acceptors (Lipinski definition) is 4. The van der Waals surface area contributed by atoms with Crippen molar-refractivity contribution in [2.75, 3.05) is 26.4 Å². The van der Waals surface area contributed by atoms with E-state index >= 15 is 0 Å². The van der Waals surface area contributed by atoms with Crippen molar-refractivity contribution < 1.29 is 14.6 Å². The molecule has 0 radical (unpaired) electrons. The molecule has 0 aromatic heterocycles. The number of aliphatic hydroxyl groups is 1. The minimum Gasteiger partial charge on any atom is -0.388 e. The average Bonchev–Trinajstić information content (AvgIpc) is 2.35. The Labute approximate surface area is 98.1 Å². The zero-order valence-electron chi connectivity index (χ0n) is 10.3. The van der Waals surface area contributed by atoms with Crippen LogP contribution in [0.15, 0.2) is 0 Å². The van der Waals surface area contributed by atoms with Gasteiger partial charge in [-0.1, -0.05) is 19.3 Å². The van der Waals surface area contributed by atoms with Gasteiger partial charge in [0.15, 0.2) is 0 Å². The van der Waals surface area contributed by atoms with Crippen LogP contribution in [0.4, 0.5) is 0 Å². The summed E-state index contributed by atoms with van der Waals surface area (Å²) in [5.74, 6) is 0. The van der Waals surface area contributed by atoms with E-state index in [-0.39, 0.29) is 5.60 Å². The molecule has 0 heterocycles. The van der Waals surface area contributed by atoms with Crippen LogP contribution in [0.25, 0.3) is 0 Å². The highest BCUT2D eigenvalue weighted by Crippen LogP contribution is 2.30. The van der Waals surface area contributed by atoms with Gasteiger partial charge in [-0.05, 0) is 19.8 Å². The molecule has 1 rings (SSSR count). The molecule has 96 valence electrons. The van der Waals surface area contributed by atoms with Crippen molar-refractivity contribution >= 4 is 0 Å². The van der Waals surface area contributed by atoms with Crippen LogP contribution >= 0.6 is 0 Å². The molecule has 1 aliphatic carbocycles. The highest BCUT2D eigenvalue weighted by Gasteiger charge is 2.31. The van der Waals surface area contributed by atoms with Crippen LogP contribution in [0, 0.1) is 0 Å². The largest absolute Gasteiger partial charge is 0.388 e. The molecule has 4 heteroatoms. The zero-order chi connectivity index (χ0) is 11.9. The Morgan fingerprint density at radius 2 is 1.94 bits per heavy atom. The summed E-state index contributed by atoms with van der Waals surface area (Å²) >= 11 is 0. The summed E-state index contributed by atoms with van der Waals surface area (Å²) in [5.41, 5.74) is 5.60. The van der Waals surface area contributed by atoms with Crippen molar-refractivity contribution in [3.63, 3.8) is 0 Å². The fourth-order valence-corrected chi connectivity index (χ4v) is 2.18. The molecule has 1 aliphatic rings. The lowest BCUT2D eigenvalue weighted by atomic mass is 9.84. The highest BCUT2D eigenvalue weighted by molar-refractivity contribution is 4.85. The summed E-state index contributed by atoms with van der Waals surface area (Å²) in [6.07, 6.45) is 5.13. The molecular formula is C12H25NO3. The average molecular weight is 231 g/mol. The summed E-state index contributed by atoms with van der Waals surface area (Å²) in [6, 6.07) is 0. The summed E-state index contributed by atoms with van der Waals surface area (Å²) in [7, 11) is 0. The molecule has 1 saturated carbocycles. The van der Waals surface area contributed by atoms with Gasteiger partial charge in [-0.2, -0.15) is 0 Å². The Morgan fingerprint density at radius 3 is 2.50 bits per heavy atom. The van der Waals surface area contributed by atoms with Crippen LogP contribution in [0.3, 0.4) is 0 Å². The van der Waals surface area contributed by atoms with Crippen LogP contribution in [0.5, 0.6) is 0 Å². The molecule has 1 unspecified atom stereocenters. The molecule has 1 atom stereocenters. The first-order chi connectivity index (χ1) is 7.72. The Balaban J connectivity index is 2.27. The number of aliphatic hydroxyl groups excluding tert-OH is 1. The minimum absolute atomic E-state index is 0.189. The van der Waals surface area contributed by atoms with E-state index in [1.807, 2.05) is 6.92 Å². The zero-order valence-corrected chi connectivity index (χ0v) is 10.3. The molecule has 0 aromatic carbocycles. The van der Waals surface area contributed by atoms with Gasteiger partial charge in [0.05, 0.1) is 18.8 Å². The van der Waals surface area contributed by atoms with Crippen molar-refractivity contribution in [1.82, 2.24) is 0 Å². The van der Waals surface area contributed by atoms with E-state index in [1.54, 1.807) is 0 Å². The fraction of sp³-hybridized carbons (Fsp3) is 1.00. The smallest absolute Gasteiger partial charge is 0.101 e. The Bertz CT molecular complexity index is 181. The van der Waals surface area contributed by atoms with Gasteiger partial charge in [-0.3, -0.25) is 0 Å². The molecule has 1 fully saturated rings. The van der Waals surface area contributed by atoms with Gasteiger partial charge >= 0.3 is 0 Å². The van der Waals surface area contributed by atoms with E-state index in [0.717, 1.165) is 12.8 Å². The lowest BCUT2D eigenvalue weighted by molar-refractivity contribution is -0.105. The molecule has 16 heavy (non-hydrogen) atoms. The van der Waals surface area contributed by atoms with E-state index in [9.17, 15) is 5.11 Å². The second-order valence-corrected chi connectivity index (χ2v) is 4.57. The van der Waals surface area contributed by atoms with Crippen LogP contribution in [-0.2, 0) is 9.47 Å². The van der Waals surface area contributed by atoms with Gasteiger partial charge in [0, 0.05) is 13.2 Å². The molecule has 0 aromatic rings. The van der Waals surface area contributed by atoms with E-state index in [4.69, 9.17) is 15.2 Å². The van der Waals surface area contributed by atoms with Gasteiger partial charge in [-0.25, -0.2) is 0 Å². The highest BCUT2D eigenvalue weighted by atomic mass is 16.5. The van der Waals surface area contributed by atoms with Gasteiger partial charge in [0.2, 0.25) is 0 Å². The van der Waals surface area contributed by atoms with E-state index in [0.29, 0.717) is 26.4 Å². The van der Waals surface area contributed by atoms with Gasteiger partial charge in [0.1, 0.15) is 6.10 Å². The summed E-state index contributed by atoms with van der Waals surface area (Å²) < 4.78 is 11.0. The number of ether oxygens (including phenoxy) is 2. The lowest BCUT2D eigenvalue weighted by Crippen LogP contribution is -2.44. The monoisotopic (exact) mass is 231 g/mol. The normalized spacial score (nSPS) is 21.9. The molecule has 0 saturated heterocycles. The fourth-order valence-electron chi connectivity index (χ4n) is 2.18. The second-order valence-electron chi connectivity index (χ2n) is 4.57. The van der Waals surface area contributed by atoms with Crippen molar-refractivity contribution in [2.24, 2.45) is 5.73 Å². The molecule has 4 nitrogen and oxygen atoms in total. The Morgan fingerprint density at radius 1 is 1.25 bits per heavy atom. The number of rotatable bonds is 7.